The van der Waals surface area contributed by atoms with Crippen LogP contribution in [0.2, 0.25) is 0 Å². The number of likely N-dealkylation sites (tertiary alicyclic amines) is 1. The van der Waals surface area contributed by atoms with Crippen LogP contribution < -0.4 is 10.6 Å². The molecule has 0 aromatic carbocycles. The molecular weight excluding hydrogens is 254 g/mol. The number of carbonyl (C=O) groups excluding carboxylic acids is 1. The average Bonchev–Trinajstić information content (AvgIpc) is 2.88. The topological polar surface area (TPSA) is 70.2 Å². The molecule has 2 N–H and O–H groups in total. The Kier molecular flexibility index (Phi) is 5.29. The van der Waals surface area contributed by atoms with Crippen molar-refractivity contribution in [2.45, 2.75) is 32.2 Å². The average molecular weight is 277 g/mol. The van der Waals surface area contributed by atoms with E-state index in [9.17, 15) is 4.79 Å². The molecule has 1 aliphatic heterocycles. The highest BCUT2D eigenvalue weighted by Gasteiger charge is 2.21. The summed E-state index contributed by atoms with van der Waals surface area (Å²) in [5.41, 5.74) is 0.367. The molecular formula is C14H23N5O. The molecule has 1 aromatic heterocycles. The van der Waals surface area contributed by atoms with E-state index in [2.05, 4.69) is 39.5 Å². The molecule has 2 heterocycles. The number of aromatic nitrogens is 2. The van der Waals surface area contributed by atoms with Crippen molar-refractivity contribution in [3.63, 3.8) is 0 Å². The van der Waals surface area contributed by atoms with E-state index in [1.54, 1.807) is 6.20 Å². The Morgan fingerprint density at radius 2 is 2.35 bits per heavy atom. The summed E-state index contributed by atoms with van der Waals surface area (Å²) in [5.74, 6) is 0.496. The number of rotatable bonds is 6. The van der Waals surface area contributed by atoms with Gasteiger partial charge in [-0.15, -0.1) is 0 Å². The minimum atomic E-state index is -0.155. The predicted octanol–water partition coefficient (Wildman–Crippen LogP) is 1.12. The highest BCUT2D eigenvalue weighted by molar-refractivity contribution is 5.92. The lowest BCUT2D eigenvalue weighted by molar-refractivity contribution is 0.0938. The summed E-state index contributed by atoms with van der Waals surface area (Å²) in [7, 11) is 2.10. The van der Waals surface area contributed by atoms with Gasteiger partial charge in [0.1, 0.15) is 11.5 Å². The van der Waals surface area contributed by atoms with Gasteiger partial charge >= 0.3 is 0 Å². The highest BCUT2D eigenvalue weighted by Crippen LogP contribution is 2.13. The Hall–Kier alpha value is -1.69. The summed E-state index contributed by atoms with van der Waals surface area (Å²) in [6.07, 6.45) is 6.49. The summed E-state index contributed by atoms with van der Waals surface area (Å²) in [5, 5.41) is 6.08. The smallest absolute Gasteiger partial charge is 0.271 e. The minimum Gasteiger partial charge on any atom is -0.369 e. The van der Waals surface area contributed by atoms with Crippen LogP contribution in [0, 0.1) is 0 Å². The first-order valence-electron chi connectivity index (χ1n) is 7.25. The molecule has 0 aliphatic carbocycles. The van der Waals surface area contributed by atoms with Gasteiger partial charge < -0.3 is 15.5 Å². The van der Waals surface area contributed by atoms with Gasteiger partial charge in [-0.1, -0.05) is 6.92 Å². The van der Waals surface area contributed by atoms with Crippen LogP contribution in [-0.2, 0) is 0 Å². The SMILES string of the molecule is CCCNc1cncc(C(=O)NCC2CCCN2C)n1. The van der Waals surface area contributed by atoms with Crippen molar-refractivity contribution >= 4 is 11.7 Å². The first-order chi connectivity index (χ1) is 9.70. The molecule has 0 saturated carbocycles. The maximum Gasteiger partial charge on any atom is 0.271 e. The molecule has 0 spiro atoms. The molecule has 1 aliphatic rings. The number of hydrogen-bond donors (Lipinski definition) is 2. The number of nitrogens with zero attached hydrogens (tertiary/aromatic N) is 3. The summed E-state index contributed by atoms with van der Waals surface area (Å²) in [6.45, 7) is 4.68. The third-order valence-corrected chi connectivity index (χ3v) is 3.59. The molecule has 20 heavy (non-hydrogen) atoms. The molecule has 0 radical (unpaired) electrons. The third kappa shape index (κ3) is 3.90. The number of likely N-dealkylation sites (N-methyl/N-ethyl adjacent to an activating group) is 1. The number of carbonyl (C=O) groups is 1. The maximum absolute atomic E-state index is 12.1. The van der Waals surface area contributed by atoms with Gasteiger partial charge in [0.2, 0.25) is 0 Å². The highest BCUT2D eigenvalue weighted by atomic mass is 16.1. The van der Waals surface area contributed by atoms with E-state index >= 15 is 0 Å². The molecule has 1 aromatic rings. The van der Waals surface area contributed by atoms with Crippen LogP contribution in [0.4, 0.5) is 5.82 Å². The maximum atomic E-state index is 12.1. The van der Waals surface area contributed by atoms with Crippen LogP contribution in [-0.4, -0.2) is 53.5 Å². The fourth-order valence-electron chi connectivity index (χ4n) is 2.35. The van der Waals surface area contributed by atoms with Crippen LogP contribution in [0.25, 0.3) is 0 Å². The van der Waals surface area contributed by atoms with Crippen molar-refractivity contribution in [1.29, 1.82) is 0 Å². The number of nitrogens with one attached hydrogen (secondary N) is 2. The van der Waals surface area contributed by atoms with Gasteiger partial charge in [0.05, 0.1) is 12.4 Å². The molecule has 1 unspecified atom stereocenters. The Balaban J connectivity index is 1.88. The van der Waals surface area contributed by atoms with E-state index in [4.69, 9.17) is 0 Å². The Morgan fingerprint density at radius 3 is 3.05 bits per heavy atom. The Bertz CT molecular complexity index is 451. The Labute approximate surface area is 120 Å². The van der Waals surface area contributed by atoms with Crippen molar-refractivity contribution in [3.8, 4) is 0 Å². The first-order valence-corrected chi connectivity index (χ1v) is 7.25. The minimum absolute atomic E-state index is 0.155. The second-order valence-corrected chi connectivity index (χ2v) is 5.20. The van der Waals surface area contributed by atoms with Crippen LogP contribution in [0.3, 0.4) is 0 Å². The summed E-state index contributed by atoms with van der Waals surface area (Å²) in [4.78, 5) is 22.7. The van der Waals surface area contributed by atoms with Gasteiger partial charge in [-0.2, -0.15) is 0 Å². The number of hydrogen-bond acceptors (Lipinski definition) is 5. The van der Waals surface area contributed by atoms with Crippen LogP contribution >= 0.6 is 0 Å². The lowest BCUT2D eigenvalue weighted by Gasteiger charge is -2.19. The van der Waals surface area contributed by atoms with Gasteiger partial charge in [0.25, 0.3) is 5.91 Å². The predicted molar refractivity (Wildman–Crippen MR) is 78.8 cm³/mol. The third-order valence-electron chi connectivity index (χ3n) is 3.59. The Morgan fingerprint density at radius 1 is 1.50 bits per heavy atom. The molecule has 6 nitrogen and oxygen atoms in total. The van der Waals surface area contributed by atoms with E-state index < -0.39 is 0 Å². The number of amides is 1. The van der Waals surface area contributed by atoms with Crippen molar-refractivity contribution in [3.05, 3.63) is 18.1 Å². The molecule has 1 fully saturated rings. The van der Waals surface area contributed by atoms with Crippen LogP contribution in [0.15, 0.2) is 12.4 Å². The molecule has 110 valence electrons. The fourth-order valence-corrected chi connectivity index (χ4v) is 2.35. The van der Waals surface area contributed by atoms with Gasteiger partial charge in [-0.05, 0) is 32.9 Å². The van der Waals surface area contributed by atoms with Gasteiger partial charge in [-0.3, -0.25) is 9.78 Å². The van der Waals surface area contributed by atoms with Crippen LogP contribution in [0.5, 0.6) is 0 Å². The summed E-state index contributed by atoms with van der Waals surface area (Å²) < 4.78 is 0. The van der Waals surface area contributed by atoms with Crippen molar-refractivity contribution in [2.75, 3.05) is 32.0 Å². The van der Waals surface area contributed by atoms with Gasteiger partial charge in [0, 0.05) is 19.1 Å². The lowest BCUT2D eigenvalue weighted by Crippen LogP contribution is -2.38. The zero-order chi connectivity index (χ0) is 14.4. The second kappa shape index (κ2) is 7.19. The fraction of sp³-hybridized carbons (Fsp3) is 0.643. The quantitative estimate of drug-likeness (QED) is 0.815. The number of anilines is 1. The molecule has 0 bridgehead atoms. The zero-order valence-electron chi connectivity index (χ0n) is 12.2. The first kappa shape index (κ1) is 14.7. The summed E-state index contributed by atoms with van der Waals surface area (Å²) in [6, 6.07) is 0.438. The van der Waals surface area contributed by atoms with Gasteiger partial charge in [-0.25, -0.2) is 4.98 Å². The second-order valence-electron chi connectivity index (χ2n) is 5.20. The van der Waals surface area contributed by atoms with E-state index in [0.717, 1.165) is 25.9 Å². The van der Waals surface area contributed by atoms with Crippen molar-refractivity contribution < 1.29 is 4.79 Å². The van der Waals surface area contributed by atoms with Crippen LogP contribution in [0.1, 0.15) is 36.7 Å². The van der Waals surface area contributed by atoms with Crippen molar-refractivity contribution in [2.24, 2.45) is 0 Å². The summed E-state index contributed by atoms with van der Waals surface area (Å²) >= 11 is 0. The monoisotopic (exact) mass is 277 g/mol. The zero-order valence-corrected chi connectivity index (χ0v) is 12.2. The van der Waals surface area contributed by atoms with E-state index in [0.29, 0.717) is 24.1 Å². The molecule has 2 rings (SSSR count). The molecule has 6 heteroatoms. The molecule has 1 amide bonds. The largest absolute Gasteiger partial charge is 0.369 e. The van der Waals surface area contributed by atoms with E-state index in [-0.39, 0.29) is 5.91 Å². The molecule has 1 atom stereocenters. The van der Waals surface area contributed by atoms with E-state index in [1.807, 2.05) is 0 Å². The van der Waals surface area contributed by atoms with Crippen molar-refractivity contribution in [1.82, 2.24) is 20.2 Å². The van der Waals surface area contributed by atoms with Gasteiger partial charge in [0.15, 0.2) is 0 Å². The molecule has 1 saturated heterocycles. The lowest BCUT2D eigenvalue weighted by atomic mass is 10.2. The normalized spacial score (nSPS) is 19.0. The standard InChI is InChI=1S/C14H23N5O/c1-3-6-16-13-10-15-9-12(18-13)14(20)17-8-11-5-4-7-19(11)2/h9-11H,3-8H2,1-2H3,(H,16,18)(H,17,20). The van der Waals surface area contributed by atoms with E-state index in [1.165, 1.54) is 12.6 Å².